The fourth-order valence-electron chi connectivity index (χ4n) is 2.27. The molecule has 2 aromatic carbocycles. The maximum atomic E-state index is 11.1. The average molecular weight is 357 g/mol. The molecule has 2 rings (SSSR count). The number of anilines is 1. The van der Waals surface area contributed by atoms with Crippen molar-refractivity contribution in [2.75, 3.05) is 18.7 Å². The number of hydrazine groups is 1. The summed E-state index contributed by atoms with van der Waals surface area (Å²) >= 11 is 5.37. The number of benzene rings is 2. The zero-order valence-corrected chi connectivity index (χ0v) is 15.1. The van der Waals surface area contributed by atoms with Crippen molar-refractivity contribution in [1.29, 1.82) is 0 Å². The van der Waals surface area contributed by atoms with E-state index in [4.69, 9.17) is 12.2 Å². The van der Waals surface area contributed by atoms with Crippen LogP contribution in [-0.2, 0) is 16.1 Å². The molecular formula is C19H23N3O2S. The van der Waals surface area contributed by atoms with Gasteiger partial charge in [-0.2, -0.15) is 0 Å². The van der Waals surface area contributed by atoms with Crippen molar-refractivity contribution in [2.45, 2.75) is 19.4 Å². The van der Waals surface area contributed by atoms with Gasteiger partial charge in [0.1, 0.15) is 0 Å². The van der Waals surface area contributed by atoms with Crippen molar-refractivity contribution in [2.24, 2.45) is 0 Å². The molecule has 0 saturated heterocycles. The molecule has 0 aliphatic carbocycles. The predicted molar refractivity (Wildman–Crippen MR) is 104 cm³/mol. The molecule has 0 atom stereocenters. The first-order valence-electron chi connectivity index (χ1n) is 8.17. The Hall–Kier alpha value is -2.60. The zero-order valence-electron chi connectivity index (χ0n) is 14.3. The Labute approximate surface area is 154 Å². The molecule has 0 amide bonds. The molecule has 132 valence electrons. The molecule has 6 heteroatoms. The second-order valence-corrected chi connectivity index (χ2v) is 5.86. The molecule has 0 aromatic heterocycles. The lowest BCUT2D eigenvalue weighted by Crippen LogP contribution is -2.47. The maximum Gasteiger partial charge on any atom is 0.305 e. The number of nitrogens with zero attached hydrogens (tertiary/aromatic N) is 1. The van der Waals surface area contributed by atoms with Gasteiger partial charge >= 0.3 is 5.97 Å². The second-order valence-electron chi connectivity index (χ2n) is 5.45. The fraction of sp³-hybridized carbons (Fsp3) is 0.263. The van der Waals surface area contributed by atoms with Crippen LogP contribution in [-0.4, -0.2) is 24.7 Å². The van der Waals surface area contributed by atoms with Gasteiger partial charge in [-0.3, -0.25) is 15.2 Å². The van der Waals surface area contributed by atoms with Crippen molar-refractivity contribution in [3.05, 3.63) is 66.2 Å². The van der Waals surface area contributed by atoms with Gasteiger partial charge in [-0.25, -0.2) is 0 Å². The van der Waals surface area contributed by atoms with E-state index in [1.807, 2.05) is 53.5 Å². The molecule has 0 aliphatic rings. The summed E-state index contributed by atoms with van der Waals surface area (Å²) in [5.74, 6) is -0.212. The first-order chi connectivity index (χ1) is 12.2. The third-order valence-electron chi connectivity index (χ3n) is 3.56. The van der Waals surface area contributed by atoms with E-state index < -0.39 is 0 Å². The van der Waals surface area contributed by atoms with Crippen LogP contribution in [0.1, 0.15) is 18.4 Å². The lowest BCUT2D eigenvalue weighted by molar-refractivity contribution is -0.140. The van der Waals surface area contributed by atoms with Gasteiger partial charge in [-0.1, -0.05) is 48.5 Å². The fourth-order valence-corrected chi connectivity index (χ4v) is 2.48. The Morgan fingerprint density at radius 3 is 2.36 bits per heavy atom. The summed E-state index contributed by atoms with van der Waals surface area (Å²) in [4.78, 5) is 11.1. The van der Waals surface area contributed by atoms with Crippen molar-refractivity contribution in [1.82, 2.24) is 10.7 Å². The molecule has 5 nitrogen and oxygen atoms in total. The van der Waals surface area contributed by atoms with Gasteiger partial charge < -0.3 is 10.1 Å². The minimum Gasteiger partial charge on any atom is -0.469 e. The van der Waals surface area contributed by atoms with Crippen LogP contribution in [0.3, 0.4) is 0 Å². The smallest absolute Gasteiger partial charge is 0.305 e. The molecule has 0 aliphatic heterocycles. The summed E-state index contributed by atoms with van der Waals surface area (Å²) in [6.45, 7) is 1.28. The second kappa shape index (κ2) is 10.3. The van der Waals surface area contributed by atoms with Gasteiger partial charge in [0.2, 0.25) is 0 Å². The Balaban J connectivity index is 1.92. The van der Waals surface area contributed by atoms with Crippen LogP contribution in [0.4, 0.5) is 5.69 Å². The first kappa shape index (κ1) is 18.7. The number of methoxy groups -OCH3 is 1. The summed E-state index contributed by atoms with van der Waals surface area (Å²) in [6.07, 6.45) is 1.04. The van der Waals surface area contributed by atoms with Crippen LogP contribution >= 0.6 is 12.2 Å². The predicted octanol–water partition coefficient (Wildman–Crippen LogP) is 3.03. The molecule has 0 heterocycles. The quantitative estimate of drug-likeness (QED) is 0.328. The number of carbonyl (C=O) groups is 1. The van der Waals surface area contributed by atoms with E-state index in [0.717, 1.165) is 5.69 Å². The van der Waals surface area contributed by atoms with Crippen LogP contribution in [0.25, 0.3) is 0 Å². The Bertz CT molecular complexity index is 665. The summed E-state index contributed by atoms with van der Waals surface area (Å²) < 4.78 is 4.62. The van der Waals surface area contributed by atoms with Gasteiger partial charge in [0.25, 0.3) is 0 Å². The normalized spacial score (nSPS) is 9.96. The van der Waals surface area contributed by atoms with Crippen LogP contribution in [0.5, 0.6) is 0 Å². The summed E-state index contributed by atoms with van der Waals surface area (Å²) in [5.41, 5.74) is 5.41. The highest BCUT2D eigenvalue weighted by atomic mass is 32.1. The highest BCUT2D eigenvalue weighted by molar-refractivity contribution is 7.80. The van der Waals surface area contributed by atoms with Crippen molar-refractivity contribution < 1.29 is 9.53 Å². The number of hydrogen-bond acceptors (Lipinski definition) is 4. The maximum absolute atomic E-state index is 11.1. The molecule has 0 bridgehead atoms. The molecule has 25 heavy (non-hydrogen) atoms. The minimum absolute atomic E-state index is 0.212. The minimum atomic E-state index is -0.212. The number of para-hydroxylation sites is 1. The van der Waals surface area contributed by atoms with Gasteiger partial charge in [0.15, 0.2) is 5.11 Å². The van der Waals surface area contributed by atoms with E-state index in [2.05, 4.69) is 27.6 Å². The average Bonchev–Trinajstić information content (AvgIpc) is 2.66. The lowest BCUT2D eigenvalue weighted by atomic mass is 10.2. The Kier molecular flexibility index (Phi) is 7.72. The van der Waals surface area contributed by atoms with Crippen molar-refractivity contribution in [3.8, 4) is 0 Å². The third kappa shape index (κ3) is 6.81. The summed E-state index contributed by atoms with van der Waals surface area (Å²) in [5, 5.41) is 5.63. The number of nitrogens with one attached hydrogen (secondary N) is 2. The highest BCUT2D eigenvalue weighted by Crippen LogP contribution is 2.14. The molecule has 0 saturated carbocycles. The Morgan fingerprint density at radius 1 is 1.08 bits per heavy atom. The summed E-state index contributed by atoms with van der Waals surface area (Å²) in [7, 11) is 1.39. The van der Waals surface area contributed by atoms with E-state index in [1.54, 1.807) is 0 Å². The van der Waals surface area contributed by atoms with Crippen molar-refractivity contribution >= 4 is 29.0 Å². The molecular weight excluding hydrogens is 334 g/mol. The van der Waals surface area contributed by atoms with Gasteiger partial charge in [0.05, 0.1) is 19.3 Å². The third-order valence-corrected chi connectivity index (χ3v) is 3.79. The lowest BCUT2D eigenvalue weighted by Gasteiger charge is -2.27. The molecule has 0 spiro atoms. The topological polar surface area (TPSA) is 53.6 Å². The number of carbonyl (C=O) groups excluding carboxylic acids is 1. The number of esters is 1. The molecule has 2 N–H and O–H groups in total. The number of hydrogen-bond donors (Lipinski definition) is 2. The van der Waals surface area contributed by atoms with E-state index in [0.29, 0.717) is 31.0 Å². The van der Waals surface area contributed by atoms with E-state index >= 15 is 0 Å². The zero-order chi connectivity index (χ0) is 17.9. The van der Waals surface area contributed by atoms with Gasteiger partial charge in [-0.05, 0) is 36.3 Å². The molecule has 2 aromatic rings. The summed E-state index contributed by atoms with van der Waals surface area (Å²) in [6, 6.07) is 20.2. The Morgan fingerprint density at radius 2 is 1.72 bits per heavy atom. The molecule has 0 fully saturated rings. The monoisotopic (exact) mass is 357 g/mol. The van der Waals surface area contributed by atoms with Gasteiger partial charge in [0, 0.05) is 13.0 Å². The SMILES string of the molecule is COC(=O)CCCNC(=S)NN(Cc1ccccc1)c1ccccc1. The molecule has 0 unspecified atom stereocenters. The van der Waals surface area contributed by atoms with Gasteiger partial charge in [-0.15, -0.1) is 0 Å². The first-order valence-corrected chi connectivity index (χ1v) is 8.57. The van der Waals surface area contributed by atoms with E-state index in [-0.39, 0.29) is 5.97 Å². The van der Waals surface area contributed by atoms with E-state index in [1.165, 1.54) is 12.7 Å². The standard InChI is InChI=1S/C19H23N3O2S/c1-24-18(23)13-8-14-20-19(25)21-22(17-11-6-3-7-12-17)15-16-9-4-2-5-10-16/h2-7,9-12H,8,13-15H2,1H3,(H2,20,21,25). The molecule has 0 radical (unpaired) electrons. The number of thiocarbonyl (C=S) groups is 1. The van der Waals surface area contributed by atoms with E-state index in [9.17, 15) is 4.79 Å². The number of rotatable bonds is 8. The number of ether oxygens (including phenoxy) is 1. The van der Waals surface area contributed by atoms with Crippen LogP contribution < -0.4 is 15.8 Å². The largest absolute Gasteiger partial charge is 0.469 e. The van der Waals surface area contributed by atoms with Crippen LogP contribution in [0, 0.1) is 0 Å². The highest BCUT2D eigenvalue weighted by Gasteiger charge is 2.09. The van der Waals surface area contributed by atoms with Crippen molar-refractivity contribution in [3.63, 3.8) is 0 Å². The van der Waals surface area contributed by atoms with Crippen LogP contribution in [0.15, 0.2) is 60.7 Å². The van der Waals surface area contributed by atoms with Crippen LogP contribution in [0.2, 0.25) is 0 Å².